The molecule has 0 saturated carbocycles. The van der Waals surface area contributed by atoms with Crippen LogP contribution in [0.2, 0.25) is 0 Å². The SMILES string of the molecule is CC(C)CC(=O)Nc1ccc(Oc2cccc(F)c2)cc1. The third kappa shape index (κ3) is 4.91. The van der Waals surface area contributed by atoms with Gasteiger partial charge in [-0.1, -0.05) is 19.9 Å². The molecule has 0 heterocycles. The fraction of sp³-hybridized carbons (Fsp3) is 0.235. The van der Waals surface area contributed by atoms with E-state index < -0.39 is 0 Å². The summed E-state index contributed by atoms with van der Waals surface area (Å²) in [7, 11) is 0. The van der Waals surface area contributed by atoms with Crippen molar-refractivity contribution in [3.63, 3.8) is 0 Å². The van der Waals surface area contributed by atoms with E-state index in [1.807, 2.05) is 13.8 Å². The largest absolute Gasteiger partial charge is 0.457 e. The number of halogens is 1. The number of hydrogen-bond donors (Lipinski definition) is 1. The van der Waals surface area contributed by atoms with Gasteiger partial charge in [0.15, 0.2) is 0 Å². The Bertz CT molecular complexity index is 608. The van der Waals surface area contributed by atoms with E-state index in [2.05, 4.69) is 5.32 Å². The maximum atomic E-state index is 13.1. The lowest BCUT2D eigenvalue weighted by atomic mass is 10.1. The Morgan fingerprint density at radius 1 is 1.14 bits per heavy atom. The molecule has 4 heteroatoms. The van der Waals surface area contributed by atoms with Crippen molar-refractivity contribution in [2.45, 2.75) is 20.3 Å². The molecule has 0 spiro atoms. The van der Waals surface area contributed by atoms with Crippen molar-refractivity contribution < 1.29 is 13.9 Å². The maximum absolute atomic E-state index is 13.1. The lowest BCUT2D eigenvalue weighted by Crippen LogP contribution is -2.13. The van der Waals surface area contributed by atoms with Gasteiger partial charge < -0.3 is 10.1 Å². The first-order chi connectivity index (χ1) is 10.0. The van der Waals surface area contributed by atoms with Gasteiger partial charge in [0.05, 0.1) is 0 Å². The monoisotopic (exact) mass is 287 g/mol. The highest BCUT2D eigenvalue weighted by atomic mass is 19.1. The van der Waals surface area contributed by atoms with Crippen molar-refractivity contribution in [1.82, 2.24) is 0 Å². The molecule has 21 heavy (non-hydrogen) atoms. The van der Waals surface area contributed by atoms with Crippen molar-refractivity contribution in [3.05, 3.63) is 54.3 Å². The molecule has 0 atom stereocenters. The normalized spacial score (nSPS) is 10.5. The molecule has 0 radical (unpaired) electrons. The molecule has 0 bridgehead atoms. The molecule has 1 N–H and O–H groups in total. The number of rotatable bonds is 5. The number of carbonyl (C=O) groups is 1. The molecule has 0 fully saturated rings. The van der Waals surface area contributed by atoms with Gasteiger partial charge in [0.2, 0.25) is 5.91 Å². The Kier molecular flexibility index (Phi) is 4.93. The van der Waals surface area contributed by atoms with E-state index in [-0.39, 0.29) is 11.7 Å². The Labute approximate surface area is 123 Å². The highest BCUT2D eigenvalue weighted by molar-refractivity contribution is 5.90. The van der Waals surface area contributed by atoms with Crippen LogP contribution in [0.4, 0.5) is 10.1 Å². The molecule has 0 unspecified atom stereocenters. The van der Waals surface area contributed by atoms with Crippen LogP contribution >= 0.6 is 0 Å². The summed E-state index contributed by atoms with van der Waals surface area (Å²) >= 11 is 0. The van der Waals surface area contributed by atoms with Crippen LogP contribution in [0.1, 0.15) is 20.3 Å². The minimum absolute atomic E-state index is 0.0104. The summed E-state index contributed by atoms with van der Waals surface area (Å²) in [6.07, 6.45) is 0.488. The number of benzene rings is 2. The lowest BCUT2D eigenvalue weighted by Gasteiger charge is -2.09. The Hall–Kier alpha value is -2.36. The second-order valence-electron chi connectivity index (χ2n) is 5.23. The van der Waals surface area contributed by atoms with Crippen molar-refractivity contribution in [2.75, 3.05) is 5.32 Å². The van der Waals surface area contributed by atoms with Gasteiger partial charge in [0, 0.05) is 18.2 Å². The Morgan fingerprint density at radius 2 is 1.86 bits per heavy atom. The van der Waals surface area contributed by atoms with Crippen LogP contribution in [0.5, 0.6) is 11.5 Å². The molecular weight excluding hydrogens is 269 g/mol. The summed E-state index contributed by atoms with van der Waals surface area (Å²) < 4.78 is 18.6. The number of amides is 1. The van der Waals surface area contributed by atoms with Crippen LogP contribution in [0, 0.1) is 11.7 Å². The molecule has 2 aromatic rings. The van der Waals surface area contributed by atoms with Crippen molar-refractivity contribution in [2.24, 2.45) is 5.92 Å². The average molecular weight is 287 g/mol. The van der Waals surface area contributed by atoms with Crippen molar-refractivity contribution in [1.29, 1.82) is 0 Å². The highest BCUT2D eigenvalue weighted by Crippen LogP contribution is 2.23. The maximum Gasteiger partial charge on any atom is 0.224 e. The molecule has 2 rings (SSSR count). The second kappa shape index (κ2) is 6.88. The first-order valence-corrected chi connectivity index (χ1v) is 6.86. The van der Waals surface area contributed by atoms with Gasteiger partial charge in [0.1, 0.15) is 17.3 Å². The topological polar surface area (TPSA) is 38.3 Å². The fourth-order valence-corrected chi connectivity index (χ4v) is 1.86. The van der Waals surface area contributed by atoms with Crippen LogP contribution in [-0.4, -0.2) is 5.91 Å². The second-order valence-corrected chi connectivity index (χ2v) is 5.23. The summed E-state index contributed by atoms with van der Waals surface area (Å²) in [5.74, 6) is 0.989. The summed E-state index contributed by atoms with van der Waals surface area (Å²) in [5, 5.41) is 2.82. The third-order valence-electron chi connectivity index (χ3n) is 2.76. The van der Waals surface area contributed by atoms with E-state index in [0.29, 0.717) is 29.5 Å². The summed E-state index contributed by atoms with van der Waals surface area (Å²) in [4.78, 5) is 11.7. The molecule has 1 amide bonds. The van der Waals surface area contributed by atoms with Gasteiger partial charge >= 0.3 is 0 Å². The highest BCUT2D eigenvalue weighted by Gasteiger charge is 2.05. The number of nitrogens with one attached hydrogen (secondary N) is 1. The zero-order chi connectivity index (χ0) is 15.2. The Balaban J connectivity index is 1.97. The number of hydrogen-bond acceptors (Lipinski definition) is 2. The first kappa shape index (κ1) is 15.0. The summed E-state index contributed by atoms with van der Waals surface area (Å²) in [5.41, 5.74) is 0.715. The smallest absolute Gasteiger partial charge is 0.224 e. The van der Waals surface area contributed by atoms with Crippen LogP contribution in [0.3, 0.4) is 0 Å². The number of carbonyl (C=O) groups excluding carboxylic acids is 1. The van der Waals surface area contributed by atoms with Crippen molar-refractivity contribution >= 4 is 11.6 Å². The standard InChI is InChI=1S/C17H18FNO2/c1-12(2)10-17(20)19-14-6-8-15(9-7-14)21-16-5-3-4-13(18)11-16/h3-9,11-12H,10H2,1-2H3,(H,19,20). The fourth-order valence-electron chi connectivity index (χ4n) is 1.86. The molecule has 110 valence electrons. The third-order valence-corrected chi connectivity index (χ3v) is 2.76. The van der Waals surface area contributed by atoms with Crippen molar-refractivity contribution in [3.8, 4) is 11.5 Å². The van der Waals surface area contributed by atoms with E-state index in [9.17, 15) is 9.18 Å². The summed E-state index contributed by atoms with van der Waals surface area (Å²) in [6.45, 7) is 3.99. The predicted molar refractivity (Wildman–Crippen MR) is 81.0 cm³/mol. The predicted octanol–water partition coefficient (Wildman–Crippen LogP) is 4.60. The van der Waals surface area contributed by atoms with E-state index in [1.165, 1.54) is 12.1 Å². The van der Waals surface area contributed by atoms with Crippen LogP contribution in [-0.2, 0) is 4.79 Å². The van der Waals surface area contributed by atoms with Gasteiger partial charge in [-0.15, -0.1) is 0 Å². The van der Waals surface area contributed by atoms with Crippen LogP contribution < -0.4 is 10.1 Å². The first-order valence-electron chi connectivity index (χ1n) is 6.86. The molecule has 0 aliphatic heterocycles. The van der Waals surface area contributed by atoms with E-state index >= 15 is 0 Å². The van der Waals surface area contributed by atoms with Crippen LogP contribution in [0.15, 0.2) is 48.5 Å². The van der Waals surface area contributed by atoms with Gasteiger partial charge in [-0.25, -0.2) is 4.39 Å². The molecule has 0 aromatic heterocycles. The van der Waals surface area contributed by atoms with Crippen LogP contribution in [0.25, 0.3) is 0 Å². The van der Waals surface area contributed by atoms with E-state index in [1.54, 1.807) is 36.4 Å². The zero-order valence-electron chi connectivity index (χ0n) is 12.1. The minimum Gasteiger partial charge on any atom is -0.457 e. The molecule has 3 nitrogen and oxygen atoms in total. The van der Waals surface area contributed by atoms with Gasteiger partial charge in [0.25, 0.3) is 0 Å². The molecule has 0 aliphatic carbocycles. The Morgan fingerprint density at radius 3 is 2.48 bits per heavy atom. The summed E-state index contributed by atoms with van der Waals surface area (Å²) in [6, 6.07) is 12.9. The molecule has 0 aliphatic rings. The lowest BCUT2D eigenvalue weighted by molar-refractivity contribution is -0.116. The van der Waals surface area contributed by atoms with E-state index in [4.69, 9.17) is 4.74 Å². The zero-order valence-corrected chi connectivity index (χ0v) is 12.1. The average Bonchev–Trinajstić information content (AvgIpc) is 2.40. The number of ether oxygens (including phenoxy) is 1. The number of anilines is 1. The molecular formula is C17H18FNO2. The van der Waals surface area contributed by atoms with Gasteiger partial charge in [-0.3, -0.25) is 4.79 Å². The van der Waals surface area contributed by atoms with Gasteiger partial charge in [-0.2, -0.15) is 0 Å². The molecule has 0 saturated heterocycles. The quantitative estimate of drug-likeness (QED) is 0.872. The van der Waals surface area contributed by atoms with E-state index in [0.717, 1.165) is 0 Å². The minimum atomic E-state index is -0.343. The molecule has 2 aromatic carbocycles. The van der Waals surface area contributed by atoms with Gasteiger partial charge in [-0.05, 0) is 42.3 Å².